The minimum atomic E-state index is -0.176. The van der Waals surface area contributed by atoms with Gasteiger partial charge in [-0.2, -0.15) is 11.8 Å². The molecule has 0 aromatic carbocycles. The second-order valence-electron chi connectivity index (χ2n) is 6.75. The predicted octanol–water partition coefficient (Wildman–Crippen LogP) is 2.03. The summed E-state index contributed by atoms with van der Waals surface area (Å²) in [4.78, 5) is 2.61. The number of oxime groups is 1. The van der Waals surface area contributed by atoms with E-state index in [1.807, 2.05) is 0 Å². The first-order valence-corrected chi connectivity index (χ1v) is 9.27. The smallest absolute Gasteiger partial charge is 0.155 e. The van der Waals surface area contributed by atoms with Crippen LogP contribution in [0.3, 0.4) is 0 Å². The number of thioether (sulfide) groups is 1. The van der Waals surface area contributed by atoms with Crippen LogP contribution in [0.2, 0.25) is 0 Å². The van der Waals surface area contributed by atoms with Crippen LogP contribution in [0.25, 0.3) is 0 Å². The van der Waals surface area contributed by atoms with E-state index >= 15 is 0 Å². The summed E-state index contributed by atoms with van der Waals surface area (Å²) >= 11 is 1.72. The van der Waals surface area contributed by atoms with Crippen LogP contribution in [-0.4, -0.2) is 58.3 Å². The lowest BCUT2D eigenvalue weighted by Gasteiger charge is -2.51. The number of piperidine rings is 1. The highest BCUT2D eigenvalue weighted by molar-refractivity contribution is 8.00. The monoisotopic (exact) mass is 313 g/mol. The number of nitrogens with two attached hydrogens (primary N) is 1. The van der Waals surface area contributed by atoms with Crippen molar-refractivity contribution in [1.82, 2.24) is 4.90 Å². The molecule has 2 saturated heterocycles. The molecule has 21 heavy (non-hydrogen) atoms. The minimum Gasteiger partial charge on any atom is -0.409 e. The molecule has 3 aliphatic rings. The van der Waals surface area contributed by atoms with Gasteiger partial charge in [0, 0.05) is 25.7 Å². The molecule has 1 saturated carbocycles. The summed E-state index contributed by atoms with van der Waals surface area (Å²) in [6, 6.07) is 0.659. The number of nitrogens with zero attached hydrogens (tertiary/aromatic N) is 2. The normalized spacial score (nSPS) is 32.8. The van der Waals surface area contributed by atoms with Gasteiger partial charge in [-0.15, -0.1) is 0 Å². The van der Waals surface area contributed by atoms with Crippen LogP contribution in [0.15, 0.2) is 5.16 Å². The Morgan fingerprint density at radius 1 is 1.33 bits per heavy atom. The molecule has 120 valence electrons. The van der Waals surface area contributed by atoms with Gasteiger partial charge in [0.2, 0.25) is 0 Å². The fraction of sp³-hybridized carbons (Fsp3) is 0.933. The minimum absolute atomic E-state index is 0.176. The van der Waals surface area contributed by atoms with Crippen LogP contribution >= 0.6 is 11.8 Å². The molecule has 0 radical (unpaired) electrons. The lowest BCUT2D eigenvalue weighted by atomic mass is 9.73. The highest BCUT2D eigenvalue weighted by Crippen LogP contribution is 2.44. The third-order valence-corrected chi connectivity index (χ3v) is 7.22. The van der Waals surface area contributed by atoms with Crippen molar-refractivity contribution in [1.29, 1.82) is 0 Å². The molecule has 1 aliphatic carbocycles. The molecule has 0 aromatic rings. The van der Waals surface area contributed by atoms with E-state index in [1.54, 1.807) is 11.8 Å². The number of rotatable bonds is 3. The molecule has 3 fully saturated rings. The van der Waals surface area contributed by atoms with Crippen LogP contribution in [-0.2, 0) is 4.74 Å². The molecular weight excluding hydrogens is 286 g/mol. The molecule has 1 atom stereocenters. The summed E-state index contributed by atoms with van der Waals surface area (Å²) < 4.78 is 5.86. The van der Waals surface area contributed by atoms with E-state index in [4.69, 9.17) is 15.7 Å². The Labute approximate surface area is 131 Å². The van der Waals surface area contributed by atoms with Gasteiger partial charge in [-0.25, -0.2) is 0 Å². The Balaban J connectivity index is 1.60. The average Bonchev–Trinajstić information content (AvgIpc) is 2.52. The van der Waals surface area contributed by atoms with Crippen LogP contribution in [0, 0.1) is 0 Å². The van der Waals surface area contributed by atoms with Crippen LogP contribution in [0.5, 0.6) is 0 Å². The van der Waals surface area contributed by atoms with Crippen LogP contribution in [0.1, 0.15) is 44.9 Å². The van der Waals surface area contributed by atoms with Crippen molar-refractivity contribution in [3.63, 3.8) is 0 Å². The maximum atomic E-state index is 9.03. The Bertz CT molecular complexity index is 404. The van der Waals surface area contributed by atoms with E-state index in [0.29, 0.717) is 11.9 Å². The fourth-order valence-corrected chi connectivity index (χ4v) is 4.98. The third kappa shape index (κ3) is 2.78. The van der Waals surface area contributed by atoms with E-state index in [9.17, 15) is 0 Å². The van der Waals surface area contributed by atoms with Gasteiger partial charge in [0.1, 0.15) is 0 Å². The maximum absolute atomic E-state index is 9.03. The molecule has 6 heteroatoms. The predicted molar refractivity (Wildman–Crippen MR) is 86.0 cm³/mol. The lowest BCUT2D eigenvalue weighted by Crippen LogP contribution is -2.56. The van der Waals surface area contributed by atoms with Gasteiger partial charge in [0.15, 0.2) is 5.84 Å². The van der Waals surface area contributed by atoms with E-state index in [0.717, 1.165) is 39.0 Å². The summed E-state index contributed by atoms with van der Waals surface area (Å²) in [5, 5.41) is 12.3. The SMILES string of the molecule is CSC1(C(N)=NO)CCN(C2CCOC3(CCC3)C2)CC1. The number of hydrogen-bond acceptors (Lipinski definition) is 5. The van der Waals surface area contributed by atoms with Crippen LogP contribution < -0.4 is 5.73 Å². The molecule has 0 bridgehead atoms. The highest BCUT2D eigenvalue weighted by atomic mass is 32.2. The molecule has 3 rings (SSSR count). The first kappa shape index (κ1) is 15.4. The zero-order chi connectivity index (χ0) is 14.9. The van der Waals surface area contributed by atoms with E-state index in [-0.39, 0.29) is 10.3 Å². The standard InChI is InChI=1S/C15H27N3O2S/c1-21-15(13(16)17-19)6-8-18(9-7-15)12-3-10-20-14(11-12)4-2-5-14/h12,19H,2-11H2,1H3,(H2,16,17). The highest BCUT2D eigenvalue weighted by Gasteiger charge is 2.46. The van der Waals surface area contributed by atoms with E-state index < -0.39 is 0 Å². The molecule has 2 heterocycles. The molecule has 0 amide bonds. The fourth-order valence-electron chi connectivity index (χ4n) is 4.14. The second kappa shape index (κ2) is 5.97. The van der Waals surface area contributed by atoms with Gasteiger partial charge < -0.3 is 20.6 Å². The Hall–Kier alpha value is -0.460. The van der Waals surface area contributed by atoms with Crippen molar-refractivity contribution in [2.75, 3.05) is 26.0 Å². The van der Waals surface area contributed by atoms with Gasteiger partial charge >= 0.3 is 0 Å². The largest absolute Gasteiger partial charge is 0.409 e. The Morgan fingerprint density at radius 3 is 2.57 bits per heavy atom. The summed E-state index contributed by atoms with van der Waals surface area (Å²) in [6.07, 6.45) is 10.2. The molecule has 3 N–H and O–H groups in total. The Morgan fingerprint density at radius 2 is 2.05 bits per heavy atom. The van der Waals surface area contributed by atoms with Gasteiger partial charge in [-0.05, 0) is 51.2 Å². The summed E-state index contributed by atoms with van der Waals surface area (Å²) in [5.74, 6) is 0.386. The first-order chi connectivity index (χ1) is 10.1. The molecule has 5 nitrogen and oxygen atoms in total. The summed E-state index contributed by atoms with van der Waals surface area (Å²) in [6.45, 7) is 2.99. The molecule has 1 unspecified atom stereocenters. The maximum Gasteiger partial charge on any atom is 0.155 e. The van der Waals surface area contributed by atoms with Crippen LogP contribution in [0.4, 0.5) is 0 Å². The van der Waals surface area contributed by atoms with Crippen molar-refractivity contribution in [3.8, 4) is 0 Å². The van der Waals surface area contributed by atoms with Crippen molar-refractivity contribution >= 4 is 17.6 Å². The van der Waals surface area contributed by atoms with E-state index in [1.165, 1.54) is 25.7 Å². The van der Waals surface area contributed by atoms with Gasteiger partial charge in [-0.1, -0.05) is 5.16 Å². The average molecular weight is 313 g/mol. The third-order valence-electron chi connectivity index (χ3n) is 5.82. The summed E-state index contributed by atoms with van der Waals surface area (Å²) in [7, 11) is 0. The number of likely N-dealkylation sites (tertiary alicyclic amines) is 1. The number of amidine groups is 1. The number of hydrogen-bond donors (Lipinski definition) is 2. The first-order valence-electron chi connectivity index (χ1n) is 8.04. The van der Waals surface area contributed by atoms with Crippen molar-refractivity contribution in [2.24, 2.45) is 10.9 Å². The van der Waals surface area contributed by atoms with Crippen molar-refractivity contribution in [2.45, 2.75) is 61.3 Å². The zero-order valence-corrected chi connectivity index (χ0v) is 13.7. The lowest BCUT2D eigenvalue weighted by molar-refractivity contribution is -0.149. The van der Waals surface area contributed by atoms with Crippen molar-refractivity contribution < 1.29 is 9.94 Å². The summed E-state index contributed by atoms with van der Waals surface area (Å²) in [5.41, 5.74) is 6.14. The molecule has 2 aliphatic heterocycles. The van der Waals surface area contributed by atoms with Gasteiger partial charge in [-0.3, -0.25) is 0 Å². The topological polar surface area (TPSA) is 71.1 Å². The van der Waals surface area contributed by atoms with E-state index in [2.05, 4.69) is 16.3 Å². The van der Waals surface area contributed by atoms with Gasteiger partial charge in [0.05, 0.1) is 10.3 Å². The van der Waals surface area contributed by atoms with Crippen molar-refractivity contribution in [3.05, 3.63) is 0 Å². The molecule has 0 aromatic heterocycles. The Kier molecular flexibility index (Phi) is 4.39. The second-order valence-corrected chi connectivity index (χ2v) is 7.94. The quantitative estimate of drug-likeness (QED) is 0.361. The zero-order valence-electron chi connectivity index (χ0n) is 12.9. The number of ether oxygens (including phenoxy) is 1. The molecular formula is C15H27N3O2S. The molecule has 1 spiro atoms. The van der Waals surface area contributed by atoms with Gasteiger partial charge in [0.25, 0.3) is 0 Å².